The fraction of sp³-hybridized carbons (Fsp3) is 0.562. The normalized spacial score (nSPS) is 20.0. The van der Waals surface area contributed by atoms with Crippen molar-refractivity contribution in [3.63, 3.8) is 0 Å². The number of rotatable bonds is 2. The first-order valence-corrected chi connectivity index (χ1v) is 7.04. The quantitative estimate of drug-likeness (QED) is 0.897. The van der Waals surface area contributed by atoms with E-state index in [0.29, 0.717) is 19.7 Å². The summed E-state index contributed by atoms with van der Waals surface area (Å²) >= 11 is 0. The molecule has 0 spiro atoms. The Kier molecular flexibility index (Phi) is 4.45. The smallest absolute Gasteiger partial charge is 0.254 e. The van der Waals surface area contributed by atoms with Gasteiger partial charge in [-0.1, -0.05) is 39.0 Å². The summed E-state index contributed by atoms with van der Waals surface area (Å²) in [5, 5.41) is 9.18. The van der Waals surface area contributed by atoms with Gasteiger partial charge in [0.05, 0.1) is 19.3 Å². The van der Waals surface area contributed by atoms with Crippen LogP contribution in [0, 0.1) is 0 Å². The van der Waals surface area contributed by atoms with Crippen molar-refractivity contribution in [3.05, 3.63) is 35.4 Å². The molecule has 1 aliphatic rings. The first-order valence-electron chi connectivity index (χ1n) is 7.04. The number of morpholine rings is 1. The zero-order valence-electron chi connectivity index (χ0n) is 12.4. The number of ether oxygens (including phenoxy) is 1. The third kappa shape index (κ3) is 3.19. The summed E-state index contributed by atoms with van der Waals surface area (Å²) in [4.78, 5) is 14.5. The SMILES string of the molecule is CC(C)(C)c1ccccc1C(=O)N1CCOC(CO)C1. The second-order valence-electron chi connectivity index (χ2n) is 6.22. The summed E-state index contributed by atoms with van der Waals surface area (Å²) < 4.78 is 5.40. The number of hydrogen-bond acceptors (Lipinski definition) is 3. The molecule has 1 unspecified atom stereocenters. The number of hydrogen-bond donors (Lipinski definition) is 1. The van der Waals surface area contributed by atoms with Gasteiger partial charge in [0.25, 0.3) is 5.91 Å². The van der Waals surface area contributed by atoms with Gasteiger partial charge in [-0.2, -0.15) is 0 Å². The van der Waals surface area contributed by atoms with E-state index in [9.17, 15) is 9.90 Å². The van der Waals surface area contributed by atoms with E-state index in [2.05, 4.69) is 20.8 Å². The Morgan fingerprint density at radius 2 is 2.10 bits per heavy atom. The Bertz CT molecular complexity index is 479. The average Bonchev–Trinajstić information content (AvgIpc) is 2.45. The molecule has 4 heteroatoms. The highest BCUT2D eigenvalue weighted by Gasteiger charge is 2.28. The van der Waals surface area contributed by atoms with E-state index in [-0.39, 0.29) is 24.0 Å². The maximum Gasteiger partial charge on any atom is 0.254 e. The third-order valence-electron chi connectivity index (χ3n) is 3.60. The van der Waals surface area contributed by atoms with Crippen molar-refractivity contribution in [2.24, 2.45) is 0 Å². The lowest BCUT2D eigenvalue weighted by Crippen LogP contribution is -2.47. The molecule has 0 bridgehead atoms. The van der Waals surface area contributed by atoms with E-state index < -0.39 is 0 Å². The number of aliphatic hydroxyl groups excluding tert-OH is 1. The number of nitrogens with zero attached hydrogens (tertiary/aromatic N) is 1. The second-order valence-corrected chi connectivity index (χ2v) is 6.22. The largest absolute Gasteiger partial charge is 0.394 e. The first kappa shape index (κ1) is 15.0. The van der Waals surface area contributed by atoms with Crippen LogP contribution in [-0.2, 0) is 10.2 Å². The van der Waals surface area contributed by atoms with Crippen LogP contribution in [0.5, 0.6) is 0 Å². The molecule has 0 aromatic heterocycles. The summed E-state index contributed by atoms with van der Waals surface area (Å²) in [5.41, 5.74) is 1.73. The molecule has 1 fully saturated rings. The Morgan fingerprint density at radius 3 is 2.75 bits per heavy atom. The van der Waals surface area contributed by atoms with Gasteiger partial charge in [0.15, 0.2) is 0 Å². The summed E-state index contributed by atoms with van der Waals surface area (Å²) in [6.07, 6.45) is -0.269. The topological polar surface area (TPSA) is 49.8 Å². The molecule has 0 saturated carbocycles. The predicted molar refractivity (Wildman–Crippen MR) is 77.9 cm³/mol. The van der Waals surface area contributed by atoms with Gasteiger partial charge < -0.3 is 14.7 Å². The lowest BCUT2D eigenvalue weighted by atomic mass is 9.83. The molecule has 1 aromatic rings. The van der Waals surface area contributed by atoms with Gasteiger partial charge in [-0.3, -0.25) is 4.79 Å². The molecule has 0 radical (unpaired) electrons. The molecule has 1 heterocycles. The lowest BCUT2D eigenvalue weighted by Gasteiger charge is -2.33. The number of aliphatic hydroxyl groups is 1. The van der Waals surface area contributed by atoms with E-state index in [1.165, 1.54) is 0 Å². The minimum absolute atomic E-state index is 0.0253. The van der Waals surface area contributed by atoms with Gasteiger partial charge in [0.2, 0.25) is 0 Å². The summed E-state index contributed by atoms with van der Waals surface area (Å²) in [6.45, 7) is 7.78. The molecule has 0 aliphatic carbocycles. The van der Waals surface area contributed by atoms with Crippen LogP contribution in [0.15, 0.2) is 24.3 Å². The molecule has 2 rings (SSSR count). The number of benzene rings is 1. The van der Waals surface area contributed by atoms with Crippen LogP contribution in [0.25, 0.3) is 0 Å². The van der Waals surface area contributed by atoms with Crippen molar-refractivity contribution in [3.8, 4) is 0 Å². The second kappa shape index (κ2) is 5.94. The Balaban J connectivity index is 2.25. The van der Waals surface area contributed by atoms with Crippen molar-refractivity contribution in [2.45, 2.75) is 32.3 Å². The highest BCUT2D eigenvalue weighted by atomic mass is 16.5. The highest BCUT2D eigenvalue weighted by molar-refractivity contribution is 5.96. The molecule has 4 nitrogen and oxygen atoms in total. The number of amides is 1. The van der Waals surface area contributed by atoms with Crippen LogP contribution >= 0.6 is 0 Å². The highest BCUT2D eigenvalue weighted by Crippen LogP contribution is 2.27. The first-order chi connectivity index (χ1) is 9.43. The maximum atomic E-state index is 12.7. The van der Waals surface area contributed by atoms with Gasteiger partial charge in [-0.05, 0) is 17.0 Å². The molecule has 1 aliphatic heterocycles. The van der Waals surface area contributed by atoms with Crippen molar-refractivity contribution < 1.29 is 14.6 Å². The lowest BCUT2D eigenvalue weighted by molar-refractivity contribution is -0.0447. The van der Waals surface area contributed by atoms with Crippen molar-refractivity contribution >= 4 is 5.91 Å². The van der Waals surface area contributed by atoms with E-state index in [0.717, 1.165) is 11.1 Å². The minimum atomic E-state index is -0.269. The van der Waals surface area contributed by atoms with Crippen LogP contribution in [0.1, 0.15) is 36.7 Å². The summed E-state index contributed by atoms with van der Waals surface area (Å²) in [7, 11) is 0. The van der Waals surface area contributed by atoms with E-state index in [4.69, 9.17) is 4.74 Å². The van der Waals surface area contributed by atoms with Crippen LogP contribution in [0.4, 0.5) is 0 Å². The Morgan fingerprint density at radius 1 is 1.40 bits per heavy atom. The Labute approximate surface area is 120 Å². The van der Waals surface area contributed by atoms with E-state index in [1.54, 1.807) is 4.90 Å². The Hall–Kier alpha value is -1.39. The standard InChI is InChI=1S/C16H23NO3/c1-16(2,3)14-7-5-4-6-13(14)15(19)17-8-9-20-12(10-17)11-18/h4-7,12,18H,8-11H2,1-3H3. The summed E-state index contributed by atoms with van der Waals surface area (Å²) in [6, 6.07) is 7.75. The fourth-order valence-electron chi connectivity index (χ4n) is 2.51. The van der Waals surface area contributed by atoms with Crippen LogP contribution in [-0.4, -0.2) is 48.3 Å². The summed E-state index contributed by atoms with van der Waals surface area (Å²) in [5.74, 6) is 0.0253. The predicted octanol–water partition coefficient (Wildman–Crippen LogP) is 1.82. The minimum Gasteiger partial charge on any atom is -0.394 e. The molecular formula is C16H23NO3. The molecule has 1 N–H and O–H groups in total. The number of carbonyl (C=O) groups is 1. The molecular weight excluding hydrogens is 254 g/mol. The van der Waals surface area contributed by atoms with Crippen molar-refractivity contribution in [1.29, 1.82) is 0 Å². The molecule has 110 valence electrons. The van der Waals surface area contributed by atoms with Gasteiger partial charge in [0.1, 0.15) is 0 Å². The zero-order chi connectivity index (χ0) is 14.8. The van der Waals surface area contributed by atoms with Gasteiger partial charge in [-0.25, -0.2) is 0 Å². The van der Waals surface area contributed by atoms with Gasteiger partial charge >= 0.3 is 0 Å². The molecule has 20 heavy (non-hydrogen) atoms. The van der Waals surface area contributed by atoms with Crippen molar-refractivity contribution in [1.82, 2.24) is 4.90 Å². The van der Waals surface area contributed by atoms with E-state index in [1.807, 2.05) is 24.3 Å². The van der Waals surface area contributed by atoms with Crippen molar-refractivity contribution in [2.75, 3.05) is 26.3 Å². The third-order valence-corrected chi connectivity index (χ3v) is 3.60. The van der Waals surface area contributed by atoms with Crippen LogP contribution in [0.2, 0.25) is 0 Å². The fourth-order valence-corrected chi connectivity index (χ4v) is 2.51. The van der Waals surface area contributed by atoms with E-state index >= 15 is 0 Å². The molecule has 1 saturated heterocycles. The molecule has 1 amide bonds. The van der Waals surface area contributed by atoms with Gasteiger partial charge in [0, 0.05) is 18.7 Å². The van der Waals surface area contributed by atoms with Crippen LogP contribution < -0.4 is 0 Å². The van der Waals surface area contributed by atoms with Crippen LogP contribution in [0.3, 0.4) is 0 Å². The maximum absolute atomic E-state index is 12.7. The number of carbonyl (C=O) groups excluding carboxylic acids is 1. The molecule has 1 aromatic carbocycles. The monoisotopic (exact) mass is 277 g/mol. The van der Waals surface area contributed by atoms with Gasteiger partial charge in [-0.15, -0.1) is 0 Å². The zero-order valence-corrected chi connectivity index (χ0v) is 12.4. The average molecular weight is 277 g/mol. The molecule has 1 atom stereocenters.